The normalized spacial score (nSPS) is 15.4. The van der Waals surface area contributed by atoms with Crippen LogP contribution in [0, 0.1) is 17.5 Å². The monoisotopic (exact) mass is 459 g/mol. The van der Waals surface area contributed by atoms with Crippen molar-refractivity contribution in [1.29, 1.82) is 0 Å². The molecule has 3 aromatic rings. The number of anilines is 1. The van der Waals surface area contributed by atoms with E-state index in [1.54, 1.807) is 0 Å². The average Bonchev–Trinajstić information content (AvgIpc) is 2.79. The molecule has 1 aliphatic rings. The predicted molar refractivity (Wildman–Crippen MR) is 118 cm³/mol. The number of urea groups is 1. The number of carbonyl (C=O) groups excluding carboxylic acids is 1. The van der Waals surface area contributed by atoms with Gasteiger partial charge in [-0.1, -0.05) is 54.1 Å². The number of hydrogen-bond acceptors (Lipinski definition) is 2. The highest BCUT2D eigenvalue weighted by Gasteiger charge is 2.29. The van der Waals surface area contributed by atoms with Crippen LogP contribution in [0.15, 0.2) is 66.7 Å². The molecule has 4 rings (SSSR count). The third-order valence-corrected chi connectivity index (χ3v) is 5.76. The zero-order valence-corrected chi connectivity index (χ0v) is 17.8. The number of hydrogen-bond donors (Lipinski definition) is 1. The van der Waals surface area contributed by atoms with Crippen molar-refractivity contribution in [3.8, 4) is 0 Å². The van der Waals surface area contributed by atoms with Gasteiger partial charge in [0.1, 0.15) is 11.5 Å². The Morgan fingerprint density at radius 1 is 0.844 bits per heavy atom. The lowest BCUT2D eigenvalue weighted by molar-refractivity contribution is 0.126. The summed E-state index contributed by atoms with van der Waals surface area (Å²) in [6, 6.07) is 18.1. The maximum Gasteiger partial charge on any atom is 0.322 e. The fourth-order valence-electron chi connectivity index (χ4n) is 3.93. The molecule has 0 aromatic heterocycles. The van der Waals surface area contributed by atoms with Crippen molar-refractivity contribution >= 4 is 23.3 Å². The van der Waals surface area contributed by atoms with Gasteiger partial charge in [0.05, 0.1) is 6.04 Å². The van der Waals surface area contributed by atoms with Crippen molar-refractivity contribution in [3.05, 3.63) is 100 Å². The summed E-state index contributed by atoms with van der Waals surface area (Å²) in [6.45, 7) is 1.86. The van der Waals surface area contributed by atoms with Crippen molar-refractivity contribution in [3.63, 3.8) is 0 Å². The van der Waals surface area contributed by atoms with Crippen LogP contribution in [0.25, 0.3) is 0 Å². The number of piperazine rings is 1. The van der Waals surface area contributed by atoms with E-state index in [4.69, 9.17) is 11.6 Å². The van der Waals surface area contributed by atoms with Gasteiger partial charge in [0.15, 0.2) is 11.6 Å². The lowest BCUT2D eigenvalue weighted by atomic mass is 9.96. The van der Waals surface area contributed by atoms with Crippen molar-refractivity contribution in [2.45, 2.75) is 6.04 Å². The van der Waals surface area contributed by atoms with E-state index in [0.717, 1.165) is 11.1 Å². The van der Waals surface area contributed by atoms with Gasteiger partial charge in [-0.05, 0) is 23.3 Å². The second-order valence-electron chi connectivity index (χ2n) is 7.56. The van der Waals surface area contributed by atoms with Crippen LogP contribution < -0.4 is 5.32 Å². The topological polar surface area (TPSA) is 35.6 Å². The smallest absolute Gasteiger partial charge is 0.322 e. The van der Waals surface area contributed by atoms with E-state index in [9.17, 15) is 18.0 Å². The molecule has 3 aromatic carbocycles. The maximum atomic E-state index is 13.9. The van der Waals surface area contributed by atoms with E-state index in [-0.39, 0.29) is 6.04 Å². The number of nitrogens with zero attached hydrogens (tertiary/aromatic N) is 2. The molecule has 1 fully saturated rings. The van der Waals surface area contributed by atoms with Gasteiger partial charge in [-0.25, -0.2) is 18.0 Å². The summed E-state index contributed by atoms with van der Waals surface area (Å²) in [5.74, 6) is -3.34. The van der Waals surface area contributed by atoms with Crippen LogP contribution in [0.3, 0.4) is 0 Å². The third kappa shape index (κ3) is 4.89. The molecule has 0 saturated carbocycles. The molecule has 0 bridgehead atoms. The molecule has 1 unspecified atom stereocenters. The van der Waals surface area contributed by atoms with Gasteiger partial charge in [0.2, 0.25) is 0 Å². The maximum absolute atomic E-state index is 13.9. The lowest BCUT2D eigenvalue weighted by Gasteiger charge is -2.39. The number of amides is 2. The molecule has 0 radical (unpaired) electrons. The lowest BCUT2D eigenvalue weighted by Crippen LogP contribution is -2.51. The van der Waals surface area contributed by atoms with E-state index in [2.05, 4.69) is 22.3 Å². The molecular formula is C24H21ClF3N3O. The number of rotatable bonds is 4. The molecular weight excluding hydrogens is 439 g/mol. The fourth-order valence-corrected chi connectivity index (χ4v) is 4.05. The van der Waals surface area contributed by atoms with Gasteiger partial charge >= 0.3 is 6.03 Å². The molecule has 1 aliphatic heterocycles. The van der Waals surface area contributed by atoms with Crippen molar-refractivity contribution in [2.24, 2.45) is 0 Å². The predicted octanol–water partition coefficient (Wildman–Crippen LogP) is 5.70. The first-order valence-corrected chi connectivity index (χ1v) is 10.5. The number of benzene rings is 3. The number of nitrogens with one attached hydrogen (secondary N) is 1. The zero-order valence-electron chi connectivity index (χ0n) is 17.1. The largest absolute Gasteiger partial charge is 0.322 e. The van der Waals surface area contributed by atoms with Gasteiger partial charge in [-0.15, -0.1) is 0 Å². The number of halogens is 4. The number of carbonyl (C=O) groups is 1. The van der Waals surface area contributed by atoms with Crippen LogP contribution in [0.5, 0.6) is 0 Å². The molecule has 32 heavy (non-hydrogen) atoms. The summed E-state index contributed by atoms with van der Waals surface area (Å²) in [6.07, 6.45) is 0. The first kappa shape index (κ1) is 22.2. The Labute approximate surface area is 189 Å². The van der Waals surface area contributed by atoms with Gasteiger partial charge in [0, 0.05) is 43.3 Å². The van der Waals surface area contributed by atoms with E-state index in [0.29, 0.717) is 43.3 Å². The average molecular weight is 460 g/mol. The summed E-state index contributed by atoms with van der Waals surface area (Å²) in [5.41, 5.74) is 1.54. The van der Waals surface area contributed by atoms with Crippen LogP contribution in [-0.2, 0) is 0 Å². The van der Waals surface area contributed by atoms with Crippen LogP contribution in [0.2, 0.25) is 5.02 Å². The first-order valence-electron chi connectivity index (χ1n) is 10.2. The van der Waals surface area contributed by atoms with Gasteiger partial charge in [0.25, 0.3) is 0 Å². The molecule has 166 valence electrons. The standard InChI is InChI=1S/C24H21ClF3N3O/c25-18-8-6-17(7-9-18)23(16-4-2-1-3-5-16)30-10-12-31(13-11-30)24(32)29-22-20(27)14-19(26)15-21(22)28/h1-9,14-15,23H,10-13H2,(H,29,32). The second-order valence-corrected chi connectivity index (χ2v) is 8.00. The molecule has 0 spiro atoms. The highest BCUT2D eigenvalue weighted by molar-refractivity contribution is 6.30. The van der Waals surface area contributed by atoms with E-state index in [1.807, 2.05) is 42.5 Å². The Hall–Kier alpha value is -3.03. The van der Waals surface area contributed by atoms with Gasteiger partial charge in [-0.2, -0.15) is 0 Å². The minimum Gasteiger partial charge on any atom is -0.322 e. The molecule has 1 saturated heterocycles. The Kier molecular flexibility index (Phi) is 6.67. The Balaban J connectivity index is 1.47. The highest BCUT2D eigenvalue weighted by Crippen LogP contribution is 2.30. The zero-order chi connectivity index (χ0) is 22.7. The Bertz CT molecular complexity index is 1060. The molecule has 1 atom stereocenters. The van der Waals surface area contributed by atoms with Crippen LogP contribution in [0.1, 0.15) is 17.2 Å². The SMILES string of the molecule is O=C(Nc1c(F)cc(F)cc1F)N1CCN(C(c2ccccc2)c2ccc(Cl)cc2)CC1. The highest BCUT2D eigenvalue weighted by atomic mass is 35.5. The molecule has 0 aliphatic carbocycles. The molecule has 2 amide bonds. The molecule has 4 nitrogen and oxygen atoms in total. The summed E-state index contributed by atoms with van der Waals surface area (Å²) in [4.78, 5) is 16.3. The van der Waals surface area contributed by atoms with Crippen LogP contribution in [-0.4, -0.2) is 42.0 Å². The third-order valence-electron chi connectivity index (χ3n) is 5.51. The Morgan fingerprint density at radius 2 is 1.41 bits per heavy atom. The van der Waals surface area contributed by atoms with Crippen LogP contribution >= 0.6 is 11.6 Å². The van der Waals surface area contributed by atoms with Crippen molar-refractivity contribution < 1.29 is 18.0 Å². The van der Waals surface area contributed by atoms with Crippen LogP contribution in [0.4, 0.5) is 23.7 Å². The summed E-state index contributed by atoms with van der Waals surface area (Å²) in [7, 11) is 0. The van der Waals surface area contributed by atoms with Gasteiger partial charge in [-0.3, -0.25) is 4.90 Å². The van der Waals surface area contributed by atoms with E-state index >= 15 is 0 Å². The summed E-state index contributed by atoms with van der Waals surface area (Å²) >= 11 is 6.06. The minimum atomic E-state index is -1.15. The first-order chi connectivity index (χ1) is 15.4. The van der Waals surface area contributed by atoms with Crippen molar-refractivity contribution in [2.75, 3.05) is 31.5 Å². The second kappa shape index (κ2) is 9.63. The fraction of sp³-hybridized carbons (Fsp3) is 0.208. The van der Waals surface area contributed by atoms with Gasteiger partial charge < -0.3 is 10.2 Å². The van der Waals surface area contributed by atoms with E-state index in [1.165, 1.54) is 4.90 Å². The molecule has 8 heteroatoms. The Morgan fingerprint density at radius 3 is 2.00 bits per heavy atom. The summed E-state index contributed by atoms with van der Waals surface area (Å²) < 4.78 is 40.9. The molecule has 1 heterocycles. The quantitative estimate of drug-likeness (QED) is 0.543. The minimum absolute atomic E-state index is 0.0225. The van der Waals surface area contributed by atoms with E-state index < -0.39 is 29.2 Å². The summed E-state index contributed by atoms with van der Waals surface area (Å²) in [5, 5.41) is 2.88. The molecule has 1 N–H and O–H groups in total. The van der Waals surface area contributed by atoms with Crippen molar-refractivity contribution in [1.82, 2.24) is 9.80 Å².